The maximum Gasteiger partial charge on any atom is 0.125 e. The summed E-state index contributed by atoms with van der Waals surface area (Å²) in [7, 11) is 0. The summed E-state index contributed by atoms with van der Waals surface area (Å²) in [6.07, 6.45) is -0.0467. The molecule has 0 bridgehead atoms. The van der Waals surface area contributed by atoms with Gasteiger partial charge in [0, 0.05) is 19.6 Å². The predicted molar refractivity (Wildman–Crippen MR) is 88.6 cm³/mol. The Balaban J connectivity index is 0.00000264. The van der Waals surface area contributed by atoms with Crippen LogP contribution in [0.1, 0.15) is 30.5 Å². The van der Waals surface area contributed by atoms with Gasteiger partial charge in [0.25, 0.3) is 0 Å². The van der Waals surface area contributed by atoms with Gasteiger partial charge in [-0.2, -0.15) is 0 Å². The number of rotatable bonds is 5. The summed E-state index contributed by atoms with van der Waals surface area (Å²) in [5, 5.41) is 10.3. The highest BCUT2D eigenvalue weighted by Gasteiger charge is 2.24. The Bertz CT molecular complexity index is 476. The van der Waals surface area contributed by atoms with Gasteiger partial charge in [-0.1, -0.05) is 17.7 Å². The van der Waals surface area contributed by atoms with Crippen molar-refractivity contribution in [1.29, 1.82) is 0 Å². The smallest absolute Gasteiger partial charge is 0.125 e. The van der Waals surface area contributed by atoms with E-state index in [0.29, 0.717) is 13.2 Å². The molecule has 4 nitrogen and oxygen atoms in total. The van der Waals surface area contributed by atoms with Crippen LogP contribution in [0.15, 0.2) is 12.1 Å². The summed E-state index contributed by atoms with van der Waals surface area (Å²) in [4.78, 5) is 2.25. The average Bonchev–Trinajstić information content (AvgIpc) is 2.35. The number of hydrogen-bond donors (Lipinski definition) is 1. The Morgan fingerprint density at radius 3 is 2.22 bits per heavy atom. The monoisotopic (exact) mass is 342 g/mol. The number of nitrogens with zero attached hydrogens (tertiary/aromatic N) is 1. The number of aliphatic hydroxyl groups is 1. The van der Waals surface area contributed by atoms with E-state index >= 15 is 0 Å². The number of aliphatic hydroxyl groups excluding tert-OH is 1. The number of halogens is 1. The van der Waals surface area contributed by atoms with Crippen LogP contribution in [0.2, 0.25) is 0 Å². The molecular formula is C18H29ClNO3-. The quantitative estimate of drug-likeness (QED) is 0.781. The van der Waals surface area contributed by atoms with Crippen molar-refractivity contribution in [3.63, 3.8) is 0 Å². The van der Waals surface area contributed by atoms with Crippen LogP contribution in [-0.4, -0.2) is 54.6 Å². The molecule has 0 aliphatic carbocycles. The van der Waals surface area contributed by atoms with Crippen molar-refractivity contribution in [2.45, 2.75) is 52.9 Å². The van der Waals surface area contributed by atoms with Crippen molar-refractivity contribution in [3.05, 3.63) is 28.8 Å². The second kappa shape index (κ2) is 8.88. The molecule has 3 unspecified atom stereocenters. The second-order valence-electron chi connectivity index (χ2n) is 6.67. The Morgan fingerprint density at radius 2 is 1.70 bits per heavy atom. The third-order valence-corrected chi connectivity index (χ3v) is 3.99. The van der Waals surface area contributed by atoms with Crippen LogP contribution in [0.25, 0.3) is 0 Å². The topological polar surface area (TPSA) is 41.9 Å². The van der Waals surface area contributed by atoms with Crippen LogP contribution in [0.4, 0.5) is 0 Å². The Kier molecular flexibility index (Phi) is 7.81. The van der Waals surface area contributed by atoms with E-state index in [1.54, 1.807) is 0 Å². The minimum absolute atomic E-state index is 0. The first-order valence-electron chi connectivity index (χ1n) is 8.11. The number of hydrogen-bond acceptors (Lipinski definition) is 4. The van der Waals surface area contributed by atoms with Crippen molar-refractivity contribution in [2.24, 2.45) is 0 Å². The van der Waals surface area contributed by atoms with Gasteiger partial charge in [-0.25, -0.2) is 0 Å². The van der Waals surface area contributed by atoms with Gasteiger partial charge in [-0.15, -0.1) is 0 Å². The van der Waals surface area contributed by atoms with Crippen LogP contribution < -0.4 is 17.1 Å². The number of morpholine rings is 1. The van der Waals surface area contributed by atoms with Crippen LogP contribution in [0.5, 0.6) is 5.75 Å². The van der Waals surface area contributed by atoms with E-state index in [1.807, 2.05) is 13.8 Å². The van der Waals surface area contributed by atoms with Crippen LogP contribution in [0, 0.1) is 20.8 Å². The van der Waals surface area contributed by atoms with E-state index in [0.717, 1.165) is 30.0 Å². The minimum atomic E-state index is -0.488. The summed E-state index contributed by atoms with van der Waals surface area (Å²) in [6, 6.07) is 4.22. The zero-order valence-corrected chi connectivity index (χ0v) is 15.6. The van der Waals surface area contributed by atoms with Crippen molar-refractivity contribution >= 4 is 0 Å². The lowest BCUT2D eigenvalue weighted by atomic mass is 10.1. The number of β-amino-alcohol motifs (C(OH)–C–C–N with tert-alkyl or cyclic N) is 1. The third kappa shape index (κ3) is 5.96. The molecule has 1 fully saturated rings. The highest BCUT2D eigenvalue weighted by molar-refractivity contribution is 5.42. The van der Waals surface area contributed by atoms with E-state index in [-0.39, 0.29) is 24.6 Å². The third-order valence-electron chi connectivity index (χ3n) is 3.99. The molecule has 1 heterocycles. The summed E-state index contributed by atoms with van der Waals surface area (Å²) < 4.78 is 11.6. The highest BCUT2D eigenvalue weighted by Crippen LogP contribution is 2.24. The van der Waals surface area contributed by atoms with Gasteiger partial charge in [-0.3, -0.25) is 4.90 Å². The molecule has 23 heavy (non-hydrogen) atoms. The molecule has 1 aromatic carbocycles. The molecule has 0 radical (unpaired) electrons. The van der Waals surface area contributed by atoms with Crippen molar-refractivity contribution in [1.82, 2.24) is 4.90 Å². The maximum absolute atomic E-state index is 10.3. The molecule has 1 aliphatic heterocycles. The molecule has 132 valence electrons. The van der Waals surface area contributed by atoms with E-state index in [4.69, 9.17) is 9.47 Å². The van der Waals surface area contributed by atoms with Gasteiger partial charge < -0.3 is 27.0 Å². The van der Waals surface area contributed by atoms with E-state index in [9.17, 15) is 5.11 Å². The van der Waals surface area contributed by atoms with Gasteiger partial charge in [0.1, 0.15) is 18.5 Å². The molecule has 1 aliphatic rings. The van der Waals surface area contributed by atoms with Crippen LogP contribution >= 0.6 is 0 Å². The molecule has 1 N–H and O–H groups in total. The van der Waals surface area contributed by atoms with Gasteiger partial charge in [0.05, 0.1) is 12.2 Å². The zero-order chi connectivity index (χ0) is 16.3. The first kappa shape index (κ1) is 20.2. The second-order valence-corrected chi connectivity index (χ2v) is 6.67. The van der Waals surface area contributed by atoms with E-state index in [2.05, 4.69) is 37.8 Å². The largest absolute Gasteiger partial charge is 1.00 e. The highest BCUT2D eigenvalue weighted by atomic mass is 35.5. The standard InChI is InChI=1S/C18H29NO3.ClH/c1-12-6-13(2)18(14(3)7-12)21-11-17(20)10-19-8-15(4)22-16(5)9-19;/h6-7,15-17,20H,8-11H2,1-5H3;1H/p-1. The van der Waals surface area contributed by atoms with Gasteiger partial charge in [-0.05, 0) is 45.7 Å². The van der Waals surface area contributed by atoms with E-state index in [1.165, 1.54) is 5.56 Å². The Hall–Kier alpha value is -0.810. The lowest BCUT2D eigenvalue weighted by Gasteiger charge is -2.36. The van der Waals surface area contributed by atoms with Crippen LogP contribution in [0.3, 0.4) is 0 Å². The van der Waals surface area contributed by atoms with E-state index < -0.39 is 6.10 Å². The fourth-order valence-electron chi connectivity index (χ4n) is 3.36. The fourth-order valence-corrected chi connectivity index (χ4v) is 3.36. The molecule has 5 heteroatoms. The number of benzene rings is 1. The number of ether oxygens (including phenoxy) is 2. The first-order valence-corrected chi connectivity index (χ1v) is 8.11. The van der Waals surface area contributed by atoms with Crippen molar-refractivity contribution in [3.8, 4) is 5.75 Å². The predicted octanol–water partition coefficient (Wildman–Crippen LogP) is -0.535. The Morgan fingerprint density at radius 1 is 1.17 bits per heavy atom. The molecule has 2 rings (SSSR count). The molecular weight excluding hydrogens is 314 g/mol. The van der Waals surface area contributed by atoms with Gasteiger partial charge in [0.2, 0.25) is 0 Å². The SMILES string of the molecule is Cc1cc(C)c(OCC(O)CN2CC(C)OC(C)C2)c(C)c1.[Cl-]. The molecule has 0 aromatic heterocycles. The summed E-state index contributed by atoms with van der Waals surface area (Å²) in [5.74, 6) is 0.897. The molecule has 0 spiro atoms. The molecule has 0 saturated carbocycles. The lowest BCUT2D eigenvalue weighted by Crippen LogP contribution is -3.00. The normalized spacial score (nSPS) is 23.2. The summed E-state index contributed by atoms with van der Waals surface area (Å²) in [5.41, 5.74) is 3.48. The maximum atomic E-state index is 10.3. The minimum Gasteiger partial charge on any atom is -1.00 e. The summed E-state index contributed by atoms with van der Waals surface area (Å²) >= 11 is 0. The molecule has 0 amide bonds. The lowest BCUT2D eigenvalue weighted by molar-refractivity contribution is -0.0787. The Labute approximate surface area is 146 Å². The molecule has 3 atom stereocenters. The number of aryl methyl sites for hydroxylation is 3. The average molecular weight is 343 g/mol. The fraction of sp³-hybridized carbons (Fsp3) is 0.667. The molecule has 1 aromatic rings. The van der Waals surface area contributed by atoms with Crippen molar-refractivity contribution in [2.75, 3.05) is 26.2 Å². The van der Waals surface area contributed by atoms with Gasteiger partial charge >= 0.3 is 0 Å². The van der Waals surface area contributed by atoms with Gasteiger partial charge in [0.15, 0.2) is 0 Å². The summed E-state index contributed by atoms with van der Waals surface area (Å²) in [6.45, 7) is 13.0. The zero-order valence-electron chi connectivity index (χ0n) is 14.8. The molecule has 1 saturated heterocycles. The van der Waals surface area contributed by atoms with Crippen LogP contribution in [-0.2, 0) is 4.74 Å². The van der Waals surface area contributed by atoms with Crippen molar-refractivity contribution < 1.29 is 27.0 Å². The first-order chi connectivity index (χ1) is 10.3.